The maximum atomic E-state index is 12.0. The predicted molar refractivity (Wildman–Crippen MR) is 69.5 cm³/mol. The van der Waals surface area contributed by atoms with Crippen LogP contribution in [0.25, 0.3) is 0 Å². The van der Waals surface area contributed by atoms with Crippen molar-refractivity contribution in [3.8, 4) is 0 Å². The Bertz CT molecular complexity index is 555. The second kappa shape index (κ2) is 5.36. The van der Waals surface area contributed by atoms with E-state index in [4.69, 9.17) is 0 Å². The van der Waals surface area contributed by atoms with Gasteiger partial charge in [-0.05, 0) is 6.07 Å². The largest absolute Gasteiger partial charge is 0.758 e. The monoisotopic (exact) mass is 263 g/mol. The quantitative estimate of drug-likeness (QED) is 0.370. The summed E-state index contributed by atoms with van der Waals surface area (Å²) in [7, 11) is 1.19. The Hall–Kier alpha value is -2.61. The van der Waals surface area contributed by atoms with E-state index in [0.29, 0.717) is 15.5 Å². The molecule has 0 atom stereocenters. The number of para-hydroxylation sites is 2. The van der Waals surface area contributed by atoms with Gasteiger partial charge in [0.15, 0.2) is 0 Å². The van der Waals surface area contributed by atoms with Crippen molar-refractivity contribution in [2.45, 2.75) is 0 Å². The molecule has 1 aliphatic heterocycles. The molecule has 0 saturated carbocycles. The van der Waals surface area contributed by atoms with Crippen LogP contribution >= 0.6 is 0 Å². The molecule has 1 aromatic rings. The lowest BCUT2D eigenvalue weighted by atomic mass is 10.2. The third-order valence-corrected chi connectivity index (χ3v) is 2.49. The van der Waals surface area contributed by atoms with Gasteiger partial charge in [-0.2, -0.15) is 9.84 Å². The molecule has 0 fully saturated rings. The first-order valence-corrected chi connectivity index (χ1v) is 5.37. The molecule has 1 N–H and O–H groups in total. The summed E-state index contributed by atoms with van der Waals surface area (Å²) in [6.07, 6.45) is 0.356. The number of carbonyl (C=O) groups excluding carboxylic acids is 1. The van der Waals surface area contributed by atoms with E-state index in [1.807, 2.05) is 5.43 Å². The van der Waals surface area contributed by atoms with E-state index in [0.717, 1.165) is 6.21 Å². The molecule has 1 amide bonds. The van der Waals surface area contributed by atoms with Crippen LogP contribution in [-0.2, 0) is 4.74 Å². The average molecular weight is 263 g/mol. The van der Waals surface area contributed by atoms with Crippen molar-refractivity contribution in [1.82, 2.24) is 5.43 Å². The number of hydrazone groups is 1. The lowest BCUT2D eigenvalue weighted by Gasteiger charge is -2.33. The Balaban J connectivity index is 2.25. The lowest BCUT2D eigenvalue weighted by molar-refractivity contribution is -0.360. The summed E-state index contributed by atoms with van der Waals surface area (Å²) in [5.74, 6) is 0. The number of ether oxygens (including phenoxy) is 1. The highest BCUT2D eigenvalue weighted by atomic mass is 16.5. The molecule has 0 radical (unpaired) electrons. The Kier molecular flexibility index (Phi) is 3.62. The summed E-state index contributed by atoms with van der Waals surface area (Å²) in [5, 5.41) is 28.0. The van der Waals surface area contributed by atoms with Crippen LogP contribution in [0.5, 0.6) is 0 Å². The van der Waals surface area contributed by atoms with Crippen molar-refractivity contribution in [2.75, 3.05) is 18.7 Å². The van der Waals surface area contributed by atoms with Crippen LogP contribution in [-0.4, -0.2) is 36.4 Å². The standard InChI is InChI=1S/C11H11N4O4/c1-19-11(16)13-12-6-8-7-14(17)9-4-2-3-5-10(9)15(8)18/h2-6H,7H2,1H3,(H,13,16)/q-1. The van der Waals surface area contributed by atoms with Crippen molar-refractivity contribution in [3.63, 3.8) is 0 Å². The Morgan fingerprint density at radius 3 is 3.05 bits per heavy atom. The van der Waals surface area contributed by atoms with Gasteiger partial charge >= 0.3 is 6.09 Å². The van der Waals surface area contributed by atoms with Crippen molar-refractivity contribution >= 4 is 29.4 Å². The number of hydrogen-bond donors (Lipinski definition) is 1. The molecule has 0 spiro atoms. The van der Waals surface area contributed by atoms with Crippen LogP contribution in [0.1, 0.15) is 0 Å². The molecule has 0 saturated heterocycles. The first-order valence-electron chi connectivity index (χ1n) is 5.37. The molecule has 19 heavy (non-hydrogen) atoms. The molecule has 2 rings (SSSR count). The van der Waals surface area contributed by atoms with E-state index < -0.39 is 6.09 Å². The van der Waals surface area contributed by atoms with Gasteiger partial charge in [0.05, 0.1) is 13.7 Å². The maximum absolute atomic E-state index is 12.0. The van der Waals surface area contributed by atoms with Gasteiger partial charge in [0.1, 0.15) is 11.9 Å². The third-order valence-electron chi connectivity index (χ3n) is 2.49. The molecule has 0 aromatic heterocycles. The predicted octanol–water partition coefficient (Wildman–Crippen LogP) is 0.929. The van der Waals surface area contributed by atoms with E-state index in [-0.39, 0.29) is 17.9 Å². The molecule has 1 aromatic carbocycles. The van der Waals surface area contributed by atoms with Crippen LogP contribution in [0.4, 0.5) is 16.2 Å². The minimum absolute atomic E-state index is 0.116. The van der Waals surface area contributed by atoms with Gasteiger partial charge in [-0.25, -0.2) is 10.2 Å². The van der Waals surface area contributed by atoms with Gasteiger partial charge in [0.25, 0.3) is 0 Å². The fourth-order valence-electron chi connectivity index (χ4n) is 1.60. The normalized spacial score (nSPS) is 14.5. The SMILES string of the molecule is COC(=O)NN=CC1=[N+]([O-])c2ccccc2N([O-])C1. The highest BCUT2D eigenvalue weighted by molar-refractivity contribution is 6.30. The summed E-state index contributed by atoms with van der Waals surface area (Å²) in [5.41, 5.74) is 2.70. The molecule has 1 aliphatic rings. The maximum Gasteiger partial charge on any atom is 0.427 e. The number of fused-ring (bicyclic) bond motifs is 1. The molecule has 0 unspecified atom stereocenters. The number of amides is 1. The zero-order valence-corrected chi connectivity index (χ0v) is 10.1. The summed E-state index contributed by atoms with van der Waals surface area (Å²) in [6, 6.07) is 6.43. The molecular formula is C11H11N4O4-. The number of hydrogen-bond acceptors (Lipinski definition) is 6. The Morgan fingerprint density at radius 1 is 1.58 bits per heavy atom. The number of rotatable bonds is 2. The second-order valence-corrected chi connectivity index (χ2v) is 3.67. The van der Waals surface area contributed by atoms with E-state index >= 15 is 0 Å². The zero-order chi connectivity index (χ0) is 13.8. The van der Waals surface area contributed by atoms with Crippen molar-refractivity contribution < 1.29 is 14.3 Å². The first kappa shape index (κ1) is 12.8. The molecule has 0 bridgehead atoms. The molecule has 8 nitrogen and oxygen atoms in total. The topological polar surface area (TPSA) is 103 Å². The highest BCUT2D eigenvalue weighted by Crippen LogP contribution is 2.29. The van der Waals surface area contributed by atoms with Gasteiger partial charge in [-0.1, -0.05) is 12.1 Å². The highest BCUT2D eigenvalue weighted by Gasteiger charge is 2.22. The van der Waals surface area contributed by atoms with Gasteiger partial charge in [-0.3, -0.25) is 0 Å². The summed E-state index contributed by atoms with van der Waals surface area (Å²) in [4.78, 5) is 10.8. The van der Waals surface area contributed by atoms with Crippen LogP contribution in [0.3, 0.4) is 0 Å². The first-order chi connectivity index (χ1) is 9.13. The Morgan fingerprint density at radius 2 is 2.32 bits per heavy atom. The number of hydroxylamine groups is 1. The van der Waals surface area contributed by atoms with Crippen molar-refractivity contribution in [1.29, 1.82) is 0 Å². The summed E-state index contributed by atoms with van der Waals surface area (Å²) >= 11 is 0. The Labute approximate surface area is 108 Å². The third kappa shape index (κ3) is 2.63. The van der Waals surface area contributed by atoms with Crippen LogP contribution in [0, 0.1) is 10.4 Å². The number of benzene rings is 1. The van der Waals surface area contributed by atoms with Crippen LogP contribution in [0.2, 0.25) is 0 Å². The number of nitrogens with zero attached hydrogens (tertiary/aromatic N) is 3. The molecule has 8 heteroatoms. The van der Waals surface area contributed by atoms with Crippen LogP contribution in [0.15, 0.2) is 29.4 Å². The van der Waals surface area contributed by atoms with E-state index in [1.165, 1.54) is 13.2 Å². The van der Waals surface area contributed by atoms with Crippen molar-refractivity contribution in [3.05, 3.63) is 34.7 Å². The number of carbonyl (C=O) groups is 1. The van der Waals surface area contributed by atoms with Crippen LogP contribution < -0.4 is 10.5 Å². The minimum atomic E-state index is -0.760. The molecule has 0 aliphatic carbocycles. The molecule has 1 heterocycles. The minimum Gasteiger partial charge on any atom is -0.758 e. The van der Waals surface area contributed by atoms with E-state index in [9.17, 15) is 15.2 Å². The fraction of sp³-hybridized carbons (Fsp3) is 0.182. The number of nitrogens with one attached hydrogen (secondary N) is 1. The van der Waals surface area contributed by atoms with Crippen molar-refractivity contribution in [2.24, 2.45) is 5.10 Å². The average Bonchev–Trinajstić information content (AvgIpc) is 2.44. The smallest absolute Gasteiger partial charge is 0.427 e. The second-order valence-electron chi connectivity index (χ2n) is 3.67. The summed E-state index contributed by atoms with van der Waals surface area (Å²) in [6.45, 7) is -0.146. The number of anilines is 1. The molecule has 100 valence electrons. The van der Waals surface area contributed by atoms with E-state index in [1.54, 1.807) is 18.2 Å². The number of methoxy groups -OCH3 is 1. The van der Waals surface area contributed by atoms with Gasteiger partial charge in [0, 0.05) is 6.07 Å². The van der Waals surface area contributed by atoms with E-state index in [2.05, 4.69) is 9.84 Å². The van der Waals surface area contributed by atoms with Gasteiger partial charge < -0.3 is 20.2 Å². The lowest BCUT2D eigenvalue weighted by Crippen LogP contribution is -2.34. The fourth-order valence-corrected chi connectivity index (χ4v) is 1.60. The zero-order valence-electron chi connectivity index (χ0n) is 10.1. The van der Waals surface area contributed by atoms with Gasteiger partial charge in [0.2, 0.25) is 11.4 Å². The summed E-state index contributed by atoms with van der Waals surface area (Å²) < 4.78 is 4.91. The van der Waals surface area contributed by atoms with Gasteiger partial charge in [-0.15, -0.1) is 0 Å². The molecular weight excluding hydrogens is 252 g/mol.